The Kier molecular flexibility index (Phi) is 2.91. The van der Waals surface area contributed by atoms with Crippen molar-refractivity contribution in [3.05, 3.63) is 47.5 Å². The molecule has 3 nitrogen and oxygen atoms in total. The Morgan fingerprint density at radius 3 is 2.06 bits per heavy atom. The van der Waals surface area contributed by atoms with Crippen LogP contribution in [-0.2, 0) is 0 Å². The molecule has 0 aromatic heterocycles. The van der Waals surface area contributed by atoms with Gasteiger partial charge in [-0.2, -0.15) is 0 Å². The van der Waals surface area contributed by atoms with E-state index in [0.29, 0.717) is 0 Å². The Labute approximate surface area is 101 Å². The predicted octanol–water partition coefficient (Wildman–Crippen LogP) is 3.26. The minimum absolute atomic E-state index is 0.731. The SMILES string of the molecule is Cc1cc(Oc2ccc(C)c(N)c2)ccc1N. The highest BCUT2D eigenvalue weighted by atomic mass is 16.5. The highest BCUT2D eigenvalue weighted by Gasteiger charge is 2.01. The van der Waals surface area contributed by atoms with E-state index in [1.165, 1.54) is 0 Å². The molecule has 0 heterocycles. The molecule has 4 N–H and O–H groups in total. The van der Waals surface area contributed by atoms with Gasteiger partial charge in [-0.15, -0.1) is 0 Å². The van der Waals surface area contributed by atoms with Gasteiger partial charge in [-0.05, 0) is 49.2 Å². The smallest absolute Gasteiger partial charge is 0.129 e. The van der Waals surface area contributed by atoms with Gasteiger partial charge < -0.3 is 16.2 Å². The Bertz CT molecular complexity index is 500. The largest absolute Gasteiger partial charge is 0.457 e. The van der Waals surface area contributed by atoms with Crippen LogP contribution in [0.25, 0.3) is 0 Å². The maximum absolute atomic E-state index is 5.83. The Hall–Kier alpha value is -2.16. The van der Waals surface area contributed by atoms with Crippen molar-refractivity contribution in [3.63, 3.8) is 0 Å². The van der Waals surface area contributed by atoms with Crippen molar-refractivity contribution >= 4 is 11.4 Å². The quantitative estimate of drug-likeness (QED) is 0.775. The normalized spacial score (nSPS) is 10.2. The van der Waals surface area contributed by atoms with Crippen LogP contribution in [-0.4, -0.2) is 0 Å². The van der Waals surface area contributed by atoms with E-state index in [0.717, 1.165) is 34.0 Å². The first-order valence-electron chi connectivity index (χ1n) is 5.46. The summed E-state index contributed by atoms with van der Waals surface area (Å²) < 4.78 is 5.71. The van der Waals surface area contributed by atoms with E-state index in [4.69, 9.17) is 16.2 Å². The van der Waals surface area contributed by atoms with Crippen molar-refractivity contribution in [2.24, 2.45) is 0 Å². The van der Waals surface area contributed by atoms with E-state index in [1.54, 1.807) is 0 Å². The summed E-state index contributed by atoms with van der Waals surface area (Å²) in [7, 11) is 0. The van der Waals surface area contributed by atoms with Crippen LogP contribution < -0.4 is 16.2 Å². The summed E-state index contributed by atoms with van der Waals surface area (Å²) in [5.74, 6) is 1.50. The van der Waals surface area contributed by atoms with Gasteiger partial charge in [0.1, 0.15) is 11.5 Å². The van der Waals surface area contributed by atoms with Crippen LogP contribution >= 0.6 is 0 Å². The molecule has 2 rings (SSSR count). The van der Waals surface area contributed by atoms with Crippen molar-refractivity contribution in [1.29, 1.82) is 0 Å². The number of aryl methyl sites for hydroxylation is 2. The fourth-order valence-corrected chi connectivity index (χ4v) is 1.53. The third kappa shape index (κ3) is 2.50. The number of anilines is 2. The molecule has 0 aliphatic rings. The van der Waals surface area contributed by atoms with Gasteiger partial charge in [-0.25, -0.2) is 0 Å². The molecule has 0 saturated heterocycles. The summed E-state index contributed by atoms with van der Waals surface area (Å²) in [4.78, 5) is 0. The lowest BCUT2D eigenvalue weighted by atomic mass is 10.2. The standard InChI is InChI=1S/C14H16N2O/c1-9-3-4-12(8-14(9)16)17-11-5-6-13(15)10(2)7-11/h3-8H,15-16H2,1-2H3. The van der Waals surface area contributed by atoms with Crippen LogP contribution in [0.15, 0.2) is 36.4 Å². The lowest BCUT2D eigenvalue weighted by Gasteiger charge is -2.09. The van der Waals surface area contributed by atoms with E-state index in [2.05, 4.69) is 0 Å². The second-order valence-electron chi connectivity index (χ2n) is 4.14. The summed E-state index contributed by atoms with van der Waals surface area (Å²) in [5, 5.41) is 0. The first kappa shape index (κ1) is 11.3. The van der Waals surface area contributed by atoms with E-state index < -0.39 is 0 Å². The number of nitrogens with two attached hydrogens (primary N) is 2. The van der Waals surface area contributed by atoms with Crippen molar-refractivity contribution in [3.8, 4) is 11.5 Å². The zero-order chi connectivity index (χ0) is 12.4. The van der Waals surface area contributed by atoms with Gasteiger partial charge in [0.25, 0.3) is 0 Å². The summed E-state index contributed by atoms with van der Waals surface area (Å²) in [5.41, 5.74) is 15.1. The van der Waals surface area contributed by atoms with Crippen molar-refractivity contribution in [2.45, 2.75) is 13.8 Å². The van der Waals surface area contributed by atoms with Crippen molar-refractivity contribution < 1.29 is 4.74 Å². The first-order valence-corrected chi connectivity index (χ1v) is 5.46. The van der Waals surface area contributed by atoms with Crippen LogP contribution in [0.5, 0.6) is 11.5 Å². The maximum atomic E-state index is 5.83. The minimum atomic E-state index is 0.731. The molecule has 3 heteroatoms. The molecule has 88 valence electrons. The van der Waals surface area contributed by atoms with E-state index in [9.17, 15) is 0 Å². The molecule has 0 unspecified atom stereocenters. The molecule has 0 saturated carbocycles. The van der Waals surface area contributed by atoms with Gasteiger partial charge in [0.2, 0.25) is 0 Å². The second-order valence-corrected chi connectivity index (χ2v) is 4.14. The van der Waals surface area contributed by atoms with E-state index in [1.807, 2.05) is 50.2 Å². The lowest BCUT2D eigenvalue weighted by Crippen LogP contribution is -1.93. The van der Waals surface area contributed by atoms with Gasteiger partial charge in [-0.3, -0.25) is 0 Å². The van der Waals surface area contributed by atoms with Gasteiger partial charge in [0, 0.05) is 17.4 Å². The maximum Gasteiger partial charge on any atom is 0.129 e. The molecule has 0 aliphatic heterocycles. The van der Waals surface area contributed by atoms with E-state index >= 15 is 0 Å². The molecular formula is C14H16N2O. The van der Waals surface area contributed by atoms with Crippen LogP contribution in [0.2, 0.25) is 0 Å². The van der Waals surface area contributed by atoms with Crippen LogP contribution in [0, 0.1) is 13.8 Å². The van der Waals surface area contributed by atoms with Gasteiger partial charge in [-0.1, -0.05) is 6.07 Å². The van der Waals surface area contributed by atoms with E-state index in [-0.39, 0.29) is 0 Å². The Balaban J connectivity index is 2.25. The molecule has 0 atom stereocenters. The number of ether oxygens (including phenoxy) is 1. The zero-order valence-electron chi connectivity index (χ0n) is 10.0. The molecule has 0 aliphatic carbocycles. The van der Waals surface area contributed by atoms with Crippen LogP contribution in [0.3, 0.4) is 0 Å². The number of rotatable bonds is 2. The molecule has 2 aromatic carbocycles. The van der Waals surface area contributed by atoms with Crippen LogP contribution in [0.4, 0.5) is 11.4 Å². The molecule has 0 amide bonds. The predicted molar refractivity (Wildman–Crippen MR) is 71.3 cm³/mol. The number of hydrogen-bond acceptors (Lipinski definition) is 3. The lowest BCUT2D eigenvalue weighted by molar-refractivity contribution is 0.482. The minimum Gasteiger partial charge on any atom is -0.457 e. The molecule has 0 spiro atoms. The Morgan fingerprint density at radius 1 is 0.765 bits per heavy atom. The summed E-state index contributed by atoms with van der Waals surface area (Å²) in [6, 6.07) is 11.2. The van der Waals surface area contributed by atoms with Gasteiger partial charge in [0.05, 0.1) is 0 Å². The third-order valence-electron chi connectivity index (χ3n) is 2.73. The molecule has 0 radical (unpaired) electrons. The van der Waals surface area contributed by atoms with Crippen molar-refractivity contribution in [1.82, 2.24) is 0 Å². The van der Waals surface area contributed by atoms with Gasteiger partial charge in [0.15, 0.2) is 0 Å². The summed E-state index contributed by atoms with van der Waals surface area (Å²) >= 11 is 0. The summed E-state index contributed by atoms with van der Waals surface area (Å²) in [6.07, 6.45) is 0. The highest BCUT2D eigenvalue weighted by molar-refractivity contribution is 5.53. The number of nitrogen functional groups attached to an aromatic ring is 2. The average Bonchev–Trinajstić information content (AvgIpc) is 2.29. The first-order chi connectivity index (χ1) is 8.06. The number of benzene rings is 2. The third-order valence-corrected chi connectivity index (χ3v) is 2.73. The van der Waals surface area contributed by atoms with Crippen LogP contribution in [0.1, 0.15) is 11.1 Å². The average molecular weight is 228 g/mol. The topological polar surface area (TPSA) is 61.3 Å². The second kappa shape index (κ2) is 4.37. The molecule has 2 aromatic rings. The monoisotopic (exact) mass is 228 g/mol. The fraction of sp³-hybridized carbons (Fsp3) is 0.143. The molecule has 17 heavy (non-hydrogen) atoms. The van der Waals surface area contributed by atoms with Gasteiger partial charge >= 0.3 is 0 Å². The molecule has 0 bridgehead atoms. The summed E-state index contributed by atoms with van der Waals surface area (Å²) in [6.45, 7) is 3.91. The number of hydrogen-bond donors (Lipinski definition) is 2. The van der Waals surface area contributed by atoms with Crippen molar-refractivity contribution in [2.75, 3.05) is 11.5 Å². The molecular weight excluding hydrogens is 212 g/mol. The zero-order valence-corrected chi connectivity index (χ0v) is 10.0. The highest BCUT2D eigenvalue weighted by Crippen LogP contribution is 2.27. The molecule has 0 fully saturated rings. The Morgan fingerprint density at radius 2 is 1.41 bits per heavy atom. The fourth-order valence-electron chi connectivity index (χ4n) is 1.53.